The average molecular weight is 239 g/mol. The summed E-state index contributed by atoms with van der Waals surface area (Å²) in [6, 6.07) is 1.02. The van der Waals surface area contributed by atoms with E-state index in [0.717, 1.165) is 6.54 Å². The second-order valence-corrected chi connectivity index (χ2v) is 5.71. The molecule has 0 aromatic carbocycles. The molecular formula is C12H21N3S. The topological polar surface area (TPSA) is 42.1 Å². The van der Waals surface area contributed by atoms with E-state index in [4.69, 9.17) is 5.73 Å². The molecule has 90 valence electrons. The van der Waals surface area contributed by atoms with Crippen LogP contribution >= 0.6 is 11.3 Å². The Hall–Kier alpha value is -0.450. The molecule has 0 amide bonds. The standard InChI is InChI=1S/C12H21N3S/c1-9(2)15-6-3-4-10(8-13)11(15)12-14-5-7-16-12/h5,7,9-11H,3-4,6,8,13H2,1-2H3. The number of rotatable bonds is 3. The molecular weight excluding hydrogens is 218 g/mol. The van der Waals surface area contributed by atoms with E-state index in [1.807, 2.05) is 6.20 Å². The molecule has 0 radical (unpaired) electrons. The molecule has 1 aliphatic heterocycles. The Balaban J connectivity index is 2.24. The molecule has 2 atom stereocenters. The SMILES string of the molecule is CC(C)N1CCCC(CN)C1c1nccs1. The maximum Gasteiger partial charge on any atom is 0.110 e. The van der Waals surface area contributed by atoms with E-state index in [0.29, 0.717) is 18.0 Å². The van der Waals surface area contributed by atoms with Gasteiger partial charge >= 0.3 is 0 Å². The van der Waals surface area contributed by atoms with E-state index in [-0.39, 0.29) is 0 Å². The normalized spacial score (nSPS) is 27.5. The van der Waals surface area contributed by atoms with Gasteiger partial charge < -0.3 is 5.73 Å². The van der Waals surface area contributed by atoms with Crippen molar-refractivity contribution in [2.24, 2.45) is 11.7 Å². The zero-order valence-corrected chi connectivity index (χ0v) is 10.9. The van der Waals surface area contributed by atoms with Gasteiger partial charge in [0.15, 0.2) is 0 Å². The third-order valence-corrected chi connectivity index (χ3v) is 4.31. The van der Waals surface area contributed by atoms with Crippen LogP contribution in [0.5, 0.6) is 0 Å². The molecule has 0 aliphatic carbocycles. The number of likely N-dealkylation sites (tertiary alicyclic amines) is 1. The summed E-state index contributed by atoms with van der Waals surface area (Å²) >= 11 is 1.76. The molecule has 0 spiro atoms. The Kier molecular flexibility index (Phi) is 3.95. The van der Waals surface area contributed by atoms with E-state index in [9.17, 15) is 0 Å². The van der Waals surface area contributed by atoms with Gasteiger partial charge in [0.1, 0.15) is 5.01 Å². The molecule has 1 aromatic heterocycles. The monoisotopic (exact) mass is 239 g/mol. The van der Waals surface area contributed by atoms with Crippen molar-refractivity contribution in [1.82, 2.24) is 9.88 Å². The van der Waals surface area contributed by atoms with E-state index in [2.05, 4.69) is 29.1 Å². The van der Waals surface area contributed by atoms with Gasteiger partial charge in [-0.05, 0) is 45.7 Å². The predicted molar refractivity (Wildman–Crippen MR) is 68.5 cm³/mol. The number of piperidine rings is 1. The van der Waals surface area contributed by atoms with Crippen molar-refractivity contribution in [3.63, 3.8) is 0 Å². The average Bonchev–Trinajstić information content (AvgIpc) is 2.81. The van der Waals surface area contributed by atoms with Crippen molar-refractivity contribution in [2.45, 2.75) is 38.8 Å². The fraction of sp³-hybridized carbons (Fsp3) is 0.750. The number of nitrogens with zero attached hydrogens (tertiary/aromatic N) is 2. The molecule has 3 nitrogen and oxygen atoms in total. The lowest BCUT2D eigenvalue weighted by Gasteiger charge is -2.42. The van der Waals surface area contributed by atoms with Crippen LogP contribution in [-0.4, -0.2) is 29.0 Å². The molecule has 1 aliphatic rings. The summed E-state index contributed by atoms with van der Waals surface area (Å²) in [6.45, 7) is 6.48. The summed E-state index contributed by atoms with van der Waals surface area (Å²) < 4.78 is 0. The molecule has 2 N–H and O–H groups in total. The van der Waals surface area contributed by atoms with Crippen molar-refractivity contribution in [2.75, 3.05) is 13.1 Å². The summed E-state index contributed by atoms with van der Waals surface area (Å²) in [5.41, 5.74) is 5.91. The van der Waals surface area contributed by atoms with Crippen molar-refractivity contribution >= 4 is 11.3 Å². The van der Waals surface area contributed by atoms with E-state index < -0.39 is 0 Å². The van der Waals surface area contributed by atoms with Gasteiger partial charge in [0, 0.05) is 17.6 Å². The third kappa shape index (κ3) is 2.29. The van der Waals surface area contributed by atoms with E-state index in [1.165, 1.54) is 24.4 Å². The largest absolute Gasteiger partial charge is 0.330 e. The summed E-state index contributed by atoms with van der Waals surface area (Å²) in [5.74, 6) is 0.572. The number of nitrogens with two attached hydrogens (primary N) is 1. The quantitative estimate of drug-likeness (QED) is 0.880. The highest BCUT2D eigenvalue weighted by Gasteiger charge is 2.34. The van der Waals surface area contributed by atoms with Crippen LogP contribution in [0, 0.1) is 5.92 Å². The highest BCUT2D eigenvalue weighted by molar-refractivity contribution is 7.09. The molecule has 0 bridgehead atoms. The Morgan fingerprint density at radius 1 is 1.62 bits per heavy atom. The predicted octanol–water partition coefficient (Wildman–Crippen LogP) is 2.26. The number of aromatic nitrogens is 1. The lowest BCUT2D eigenvalue weighted by atomic mass is 9.88. The van der Waals surface area contributed by atoms with Gasteiger partial charge in [-0.1, -0.05) is 0 Å². The first-order valence-electron chi connectivity index (χ1n) is 6.09. The Bertz CT molecular complexity index is 310. The van der Waals surface area contributed by atoms with Gasteiger partial charge in [0.2, 0.25) is 0 Å². The van der Waals surface area contributed by atoms with Gasteiger partial charge in [-0.15, -0.1) is 11.3 Å². The van der Waals surface area contributed by atoms with Crippen molar-refractivity contribution in [3.05, 3.63) is 16.6 Å². The first-order chi connectivity index (χ1) is 7.74. The summed E-state index contributed by atoms with van der Waals surface area (Å²) in [6.07, 6.45) is 4.41. The lowest BCUT2D eigenvalue weighted by molar-refractivity contribution is 0.0664. The molecule has 1 saturated heterocycles. The van der Waals surface area contributed by atoms with Crippen LogP contribution in [0.2, 0.25) is 0 Å². The van der Waals surface area contributed by atoms with Crippen LogP contribution < -0.4 is 5.73 Å². The second-order valence-electron chi connectivity index (χ2n) is 4.78. The molecule has 2 heterocycles. The summed E-state index contributed by atoms with van der Waals surface area (Å²) in [5, 5.41) is 3.31. The smallest absolute Gasteiger partial charge is 0.110 e. The fourth-order valence-corrected chi connectivity index (χ4v) is 3.50. The molecule has 4 heteroatoms. The van der Waals surface area contributed by atoms with Gasteiger partial charge in [-0.25, -0.2) is 4.98 Å². The first kappa shape index (κ1) is 12.0. The van der Waals surface area contributed by atoms with Gasteiger partial charge in [-0.3, -0.25) is 4.90 Å². The van der Waals surface area contributed by atoms with E-state index in [1.54, 1.807) is 11.3 Å². The Morgan fingerprint density at radius 2 is 2.44 bits per heavy atom. The summed E-state index contributed by atoms with van der Waals surface area (Å²) in [4.78, 5) is 7.05. The van der Waals surface area contributed by atoms with Crippen molar-refractivity contribution < 1.29 is 0 Å². The minimum Gasteiger partial charge on any atom is -0.330 e. The zero-order chi connectivity index (χ0) is 11.5. The van der Waals surface area contributed by atoms with Crippen molar-refractivity contribution in [3.8, 4) is 0 Å². The van der Waals surface area contributed by atoms with Crippen molar-refractivity contribution in [1.29, 1.82) is 0 Å². The second kappa shape index (κ2) is 5.25. The van der Waals surface area contributed by atoms with Gasteiger partial charge in [0.05, 0.1) is 6.04 Å². The number of hydrogen-bond acceptors (Lipinski definition) is 4. The van der Waals surface area contributed by atoms with Crippen LogP contribution in [0.1, 0.15) is 37.7 Å². The van der Waals surface area contributed by atoms with E-state index >= 15 is 0 Å². The highest BCUT2D eigenvalue weighted by Crippen LogP contribution is 2.37. The maximum atomic E-state index is 5.91. The lowest BCUT2D eigenvalue weighted by Crippen LogP contribution is -2.44. The summed E-state index contributed by atoms with van der Waals surface area (Å²) in [7, 11) is 0. The molecule has 1 aromatic rings. The van der Waals surface area contributed by atoms with Crippen LogP contribution in [0.3, 0.4) is 0 Å². The Morgan fingerprint density at radius 3 is 3.00 bits per heavy atom. The zero-order valence-electron chi connectivity index (χ0n) is 10.1. The molecule has 1 fully saturated rings. The minimum atomic E-state index is 0.443. The molecule has 2 rings (SSSR count). The molecule has 0 saturated carbocycles. The maximum absolute atomic E-state index is 5.91. The molecule has 16 heavy (non-hydrogen) atoms. The van der Waals surface area contributed by atoms with Crippen LogP contribution in [0.15, 0.2) is 11.6 Å². The number of hydrogen-bond donors (Lipinski definition) is 1. The first-order valence-corrected chi connectivity index (χ1v) is 6.97. The third-order valence-electron chi connectivity index (χ3n) is 3.47. The van der Waals surface area contributed by atoms with Gasteiger partial charge in [0.25, 0.3) is 0 Å². The van der Waals surface area contributed by atoms with Crippen LogP contribution in [-0.2, 0) is 0 Å². The van der Waals surface area contributed by atoms with Crippen LogP contribution in [0.4, 0.5) is 0 Å². The minimum absolute atomic E-state index is 0.443. The Labute approximate surface area is 102 Å². The molecule has 2 unspecified atom stereocenters. The number of thiazole rings is 1. The highest BCUT2D eigenvalue weighted by atomic mass is 32.1. The van der Waals surface area contributed by atoms with Gasteiger partial charge in [-0.2, -0.15) is 0 Å². The van der Waals surface area contributed by atoms with Crippen LogP contribution in [0.25, 0.3) is 0 Å². The fourth-order valence-electron chi connectivity index (χ4n) is 2.65.